The van der Waals surface area contributed by atoms with Crippen LogP contribution < -0.4 is 0 Å². The molecule has 0 aromatic heterocycles. The van der Waals surface area contributed by atoms with E-state index in [1.807, 2.05) is 0 Å². The van der Waals surface area contributed by atoms with Crippen LogP contribution in [0.1, 0.15) is 6.92 Å². The summed E-state index contributed by atoms with van der Waals surface area (Å²) in [4.78, 5) is 15.8. The van der Waals surface area contributed by atoms with E-state index in [0.717, 1.165) is 0 Å². The third-order valence-electron chi connectivity index (χ3n) is 0.297. The minimum absolute atomic E-state index is 0. The number of rotatable bonds is 2. The van der Waals surface area contributed by atoms with Crippen molar-refractivity contribution in [3.05, 3.63) is 0 Å². The molecule has 2 N–H and O–H groups in total. The molecule has 46 valence electrons. The van der Waals surface area contributed by atoms with Crippen molar-refractivity contribution >= 4 is 26.7 Å². The Morgan fingerprint density at radius 1 is 1.62 bits per heavy atom. The Balaban J connectivity index is 0. The van der Waals surface area contributed by atoms with Crippen LogP contribution in [0.3, 0.4) is 0 Å². The van der Waals surface area contributed by atoms with Gasteiger partial charge in [-0.15, -0.1) is 0 Å². The fourth-order valence-electron chi connectivity index (χ4n) is 0.168. The van der Waals surface area contributed by atoms with Crippen LogP contribution >= 0.6 is 7.82 Å². The van der Waals surface area contributed by atoms with Gasteiger partial charge in [0.15, 0.2) is 0 Å². The number of phosphoric acid groups is 1. The van der Waals surface area contributed by atoms with Crippen molar-refractivity contribution < 1.29 is 18.9 Å². The zero-order valence-electron chi connectivity index (χ0n) is 3.87. The number of hydrogen-bond donors (Lipinski definition) is 2. The van der Waals surface area contributed by atoms with Gasteiger partial charge in [0.05, 0.1) is 6.61 Å². The van der Waals surface area contributed by atoms with E-state index >= 15 is 0 Å². The van der Waals surface area contributed by atoms with Gasteiger partial charge in [-0.25, -0.2) is 4.57 Å². The summed E-state index contributed by atoms with van der Waals surface area (Å²) in [6.07, 6.45) is 0. The summed E-state index contributed by atoms with van der Waals surface area (Å²) in [5, 5.41) is 0. The molecule has 0 aliphatic heterocycles. The van der Waals surface area contributed by atoms with E-state index in [1.165, 1.54) is 6.92 Å². The van der Waals surface area contributed by atoms with E-state index in [4.69, 9.17) is 9.79 Å². The van der Waals surface area contributed by atoms with E-state index in [9.17, 15) is 4.57 Å². The fourth-order valence-corrected chi connectivity index (χ4v) is 0.505. The van der Waals surface area contributed by atoms with E-state index in [-0.39, 0.29) is 25.5 Å². The van der Waals surface area contributed by atoms with Gasteiger partial charge in [-0.05, 0) is 6.92 Å². The topological polar surface area (TPSA) is 66.8 Å². The number of hydrogen-bond acceptors (Lipinski definition) is 2. The van der Waals surface area contributed by atoms with Crippen LogP contribution in [-0.4, -0.2) is 35.3 Å². The van der Waals surface area contributed by atoms with Crippen LogP contribution in [0.5, 0.6) is 0 Å². The molecule has 0 amide bonds. The van der Waals surface area contributed by atoms with Crippen LogP contribution in [0.25, 0.3) is 0 Å². The standard InChI is InChI=1S/C2H7O4P.Li.H/c1-2-6-7(3,4)5;;/h2H2,1H3,(H2,3,4,5);;. The van der Waals surface area contributed by atoms with Crippen LogP contribution in [-0.2, 0) is 9.09 Å². The zero-order chi connectivity index (χ0) is 5.91. The van der Waals surface area contributed by atoms with Gasteiger partial charge < -0.3 is 9.79 Å². The van der Waals surface area contributed by atoms with Crippen LogP contribution in [0.15, 0.2) is 0 Å². The molecule has 0 heterocycles. The summed E-state index contributed by atoms with van der Waals surface area (Å²) in [7, 11) is -4.17. The molecule has 0 radical (unpaired) electrons. The first-order chi connectivity index (χ1) is 3.06. The fraction of sp³-hybridized carbons (Fsp3) is 1.00. The normalized spacial score (nSPS) is 10.4. The molecule has 0 spiro atoms. The van der Waals surface area contributed by atoms with Gasteiger partial charge in [0.1, 0.15) is 0 Å². The first-order valence-corrected chi connectivity index (χ1v) is 3.29. The van der Waals surface area contributed by atoms with E-state index in [2.05, 4.69) is 4.52 Å². The average molecular weight is 134 g/mol. The van der Waals surface area contributed by atoms with E-state index in [0.29, 0.717) is 0 Å². The molecule has 0 aliphatic carbocycles. The first kappa shape index (κ1) is 11.5. The van der Waals surface area contributed by atoms with Crippen molar-refractivity contribution in [2.24, 2.45) is 0 Å². The molecule has 0 aromatic carbocycles. The molecule has 0 fully saturated rings. The quantitative estimate of drug-likeness (QED) is 0.393. The molecule has 0 saturated heterocycles. The molecule has 4 nitrogen and oxygen atoms in total. The summed E-state index contributed by atoms with van der Waals surface area (Å²) in [5.41, 5.74) is 0. The van der Waals surface area contributed by atoms with Gasteiger partial charge in [0.2, 0.25) is 0 Å². The predicted molar refractivity (Wildman–Crippen MR) is 30.8 cm³/mol. The second kappa shape index (κ2) is 4.57. The molecule has 0 saturated carbocycles. The number of phosphoric ester groups is 1. The second-order valence-corrected chi connectivity index (χ2v) is 2.15. The predicted octanol–water partition coefficient (Wildman–Crippen LogP) is -0.533. The molecule has 0 atom stereocenters. The van der Waals surface area contributed by atoms with Crippen LogP contribution in [0, 0.1) is 0 Å². The Labute approximate surface area is 59.7 Å². The summed E-state index contributed by atoms with van der Waals surface area (Å²) < 4.78 is 13.6. The summed E-state index contributed by atoms with van der Waals surface area (Å²) >= 11 is 0. The monoisotopic (exact) mass is 134 g/mol. The first-order valence-electron chi connectivity index (χ1n) is 1.76. The van der Waals surface area contributed by atoms with Gasteiger partial charge in [0.25, 0.3) is 0 Å². The van der Waals surface area contributed by atoms with Crippen molar-refractivity contribution in [2.75, 3.05) is 6.61 Å². The molecule has 0 rings (SSSR count). The summed E-state index contributed by atoms with van der Waals surface area (Å²) in [5.74, 6) is 0. The molecule has 0 bridgehead atoms. The Morgan fingerprint density at radius 2 is 2.00 bits per heavy atom. The molecule has 8 heavy (non-hydrogen) atoms. The third-order valence-corrected chi connectivity index (χ3v) is 0.892. The molecule has 6 heteroatoms. The molecule has 0 aromatic rings. The Bertz CT molecular complexity index is 88.0. The zero-order valence-corrected chi connectivity index (χ0v) is 4.76. The Hall–Kier alpha value is 0.707. The van der Waals surface area contributed by atoms with Crippen molar-refractivity contribution in [1.82, 2.24) is 0 Å². The van der Waals surface area contributed by atoms with Gasteiger partial charge in [-0.3, -0.25) is 4.52 Å². The maximum absolute atomic E-state index is 9.70. The van der Waals surface area contributed by atoms with Crippen molar-refractivity contribution in [3.63, 3.8) is 0 Å². The maximum atomic E-state index is 9.70. The Kier molecular flexibility index (Phi) is 6.57. The SMILES string of the molecule is CCOP(=O)(O)O.[LiH]. The Morgan fingerprint density at radius 3 is 2.00 bits per heavy atom. The van der Waals surface area contributed by atoms with Crippen LogP contribution in [0.4, 0.5) is 0 Å². The van der Waals surface area contributed by atoms with Crippen molar-refractivity contribution in [3.8, 4) is 0 Å². The van der Waals surface area contributed by atoms with Gasteiger partial charge in [-0.1, -0.05) is 0 Å². The van der Waals surface area contributed by atoms with E-state index in [1.54, 1.807) is 0 Å². The molecular weight excluding hydrogens is 126 g/mol. The van der Waals surface area contributed by atoms with Crippen molar-refractivity contribution in [1.29, 1.82) is 0 Å². The summed E-state index contributed by atoms with van der Waals surface area (Å²) in [6, 6.07) is 0. The third kappa shape index (κ3) is 9.86. The van der Waals surface area contributed by atoms with Crippen molar-refractivity contribution in [2.45, 2.75) is 6.92 Å². The molecular formula is C2H8LiO4P. The average Bonchev–Trinajstić information content (AvgIpc) is 1.30. The summed E-state index contributed by atoms with van der Waals surface area (Å²) in [6.45, 7) is 1.56. The van der Waals surface area contributed by atoms with Gasteiger partial charge in [-0.2, -0.15) is 0 Å². The van der Waals surface area contributed by atoms with Crippen LogP contribution in [0.2, 0.25) is 0 Å². The molecule has 0 unspecified atom stereocenters. The second-order valence-electron chi connectivity index (χ2n) is 0.908. The van der Waals surface area contributed by atoms with Gasteiger partial charge >= 0.3 is 26.7 Å². The minimum atomic E-state index is -4.17. The van der Waals surface area contributed by atoms with Gasteiger partial charge in [0, 0.05) is 0 Å². The molecule has 0 aliphatic rings. The van der Waals surface area contributed by atoms with E-state index < -0.39 is 7.82 Å².